The maximum atomic E-state index is 9.53. The Hall–Kier alpha value is -1.98. The van der Waals surface area contributed by atoms with Gasteiger partial charge in [-0.15, -0.1) is 0 Å². The van der Waals surface area contributed by atoms with Crippen LogP contribution in [0.15, 0.2) is 42.7 Å². The van der Waals surface area contributed by atoms with Gasteiger partial charge < -0.3 is 14.7 Å². The Morgan fingerprint density at radius 2 is 1.83 bits per heavy atom. The van der Waals surface area contributed by atoms with Crippen molar-refractivity contribution in [2.75, 3.05) is 44.2 Å². The zero-order chi connectivity index (χ0) is 16.8. The van der Waals surface area contributed by atoms with Crippen molar-refractivity contribution >= 4 is 17.3 Å². The molecule has 0 spiro atoms. The number of rotatable bonds is 6. The highest BCUT2D eigenvalue weighted by Crippen LogP contribution is 2.20. The van der Waals surface area contributed by atoms with E-state index in [2.05, 4.69) is 14.8 Å². The molecular weight excluding hydrogens is 326 g/mol. The average Bonchev–Trinajstić information content (AvgIpc) is 2.61. The summed E-state index contributed by atoms with van der Waals surface area (Å²) in [6, 6.07) is 9.23. The molecule has 2 aromatic rings. The highest BCUT2D eigenvalue weighted by molar-refractivity contribution is 6.30. The van der Waals surface area contributed by atoms with Crippen LogP contribution in [-0.4, -0.2) is 54.3 Å². The first kappa shape index (κ1) is 16.9. The number of nitrogens with zero attached hydrogens (tertiary/aromatic N) is 3. The monoisotopic (exact) mass is 347 g/mol. The summed E-state index contributed by atoms with van der Waals surface area (Å²) < 4.78 is 5.72. The molecule has 0 saturated carbocycles. The summed E-state index contributed by atoms with van der Waals surface area (Å²) in [7, 11) is 0. The maximum Gasteiger partial charge on any atom is 0.135 e. The van der Waals surface area contributed by atoms with E-state index in [1.807, 2.05) is 24.3 Å². The van der Waals surface area contributed by atoms with E-state index in [9.17, 15) is 5.11 Å². The van der Waals surface area contributed by atoms with Crippen molar-refractivity contribution in [1.29, 1.82) is 0 Å². The fourth-order valence-corrected chi connectivity index (χ4v) is 2.95. The van der Waals surface area contributed by atoms with Gasteiger partial charge in [-0.05, 0) is 30.7 Å². The van der Waals surface area contributed by atoms with Gasteiger partial charge in [0, 0.05) is 43.8 Å². The van der Waals surface area contributed by atoms with Crippen molar-refractivity contribution < 1.29 is 9.84 Å². The predicted octanol–water partition coefficient (Wildman–Crippen LogP) is 3.03. The average molecular weight is 348 g/mol. The molecule has 0 bridgehead atoms. The normalized spacial score (nSPS) is 15.5. The Kier molecular flexibility index (Phi) is 5.77. The number of hydrogen-bond donors (Lipinski definition) is 1. The van der Waals surface area contributed by atoms with Crippen LogP contribution in [0.4, 0.5) is 5.69 Å². The molecule has 2 heterocycles. The van der Waals surface area contributed by atoms with E-state index < -0.39 is 0 Å². The van der Waals surface area contributed by atoms with Gasteiger partial charge in [-0.1, -0.05) is 11.6 Å². The lowest BCUT2D eigenvalue weighted by atomic mass is 10.2. The quantitative estimate of drug-likeness (QED) is 0.814. The topological polar surface area (TPSA) is 48.8 Å². The third-order valence-corrected chi connectivity index (χ3v) is 4.40. The molecule has 3 rings (SSSR count). The Morgan fingerprint density at radius 3 is 2.54 bits per heavy atom. The molecule has 1 aliphatic rings. The third-order valence-electron chi connectivity index (χ3n) is 4.15. The van der Waals surface area contributed by atoms with Gasteiger partial charge in [0.1, 0.15) is 11.5 Å². The Labute approximate surface area is 147 Å². The minimum absolute atomic E-state index is 0.217. The second kappa shape index (κ2) is 8.22. The minimum Gasteiger partial charge on any atom is -0.506 e. The van der Waals surface area contributed by atoms with Crippen LogP contribution in [0.5, 0.6) is 11.5 Å². The number of pyridine rings is 1. The largest absolute Gasteiger partial charge is 0.506 e. The molecule has 6 heteroatoms. The Bertz CT molecular complexity index is 643. The van der Waals surface area contributed by atoms with Gasteiger partial charge in [-0.25, -0.2) is 0 Å². The Morgan fingerprint density at radius 1 is 1.08 bits per heavy atom. The van der Waals surface area contributed by atoms with E-state index >= 15 is 0 Å². The molecule has 5 nitrogen and oxygen atoms in total. The fraction of sp³-hybridized carbons (Fsp3) is 0.389. The van der Waals surface area contributed by atoms with E-state index in [0.717, 1.165) is 55.6 Å². The van der Waals surface area contributed by atoms with Crippen LogP contribution >= 0.6 is 11.6 Å². The first-order valence-electron chi connectivity index (χ1n) is 8.20. The number of aromatic nitrogens is 1. The van der Waals surface area contributed by atoms with Gasteiger partial charge in [-0.3, -0.25) is 9.88 Å². The van der Waals surface area contributed by atoms with E-state index in [1.165, 1.54) is 6.20 Å². The molecule has 128 valence electrons. The fourth-order valence-electron chi connectivity index (χ4n) is 2.83. The molecule has 1 N–H and O–H groups in total. The molecule has 0 atom stereocenters. The highest BCUT2D eigenvalue weighted by Gasteiger charge is 2.17. The van der Waals surface area contributed by atoms with Crippen LogP contribution in [0.1, 0.15) is 6.42 Å². The van der Waals surface area contributed by atoms with Crippen molar-refractivity contribution in [1.82, 2.24) is 9.88 Å². The van der Waals surface area contributed by atoms with Gasteiger partial charge in [0.2, 0.25) is 0 Å². The summed E-state index contributed by atoms with van der Waals surface area (Å²) >= 11 is 5.86. The molecular formula is C18H22ClN3O2. The predicted molar refractivity (Wildman–Crippen MR) is 96.1 cm³/mol. The SMILES string of the molecule is Oc1cncc(N2CCN(CCCOc3ccc(Cl)cc3)CC2)c1. The second-order valence-electron chi connectivity index (χ2n) is 5.89. The van der Waals surface area contributed by atoms with Crippen molar-refractivity contribution in [3.05, 3.63) is 47.7 Å². The molecule has 0 radical (unpaired) electrons. The third kappa shape index (κ3) is 4.76. The number of benzene rings is 1. The standard InChI is InChI=1S/C18H22ClN3O2/c19-15-2-4-18(5-3-15)24-11-1-6-21-7-9-22(10-8-21)16-12-17(23)14-20-13-16/h2-5,12-14,23H,1,6-11H2. The van der Waals surface area contributed by atoms with Crippen molar-refractivity contribution in [3.8, 4) is 11.5 Å². The molecule has 1 aliphatic heterocycles. The van der Waals surface area contributed by atoms with Crippen molar-refractivity contribution in [2.24, 2.45) is 0 Å². The highest BCUT2D eigenvalue weighted by atomic mass is 35.5. The van der Waals surface area contributed by atoms with Crippen LogP contribution in [-0.2, 0) is 0 Å². The minimum atomic E-state index is 0.217. The van der Waals surface area contributed by atoms with Crippen molar-refractivity contribution in [2.45, 2.75) is 6.42 Å². The van der Waals surface area contributed by atoms with Gasteiger partial charge in [0.15, 0.2) is 0 Å². The lowest BCUT2D eigenvalue weighted by Crippen LogP contribution is -2.46. The molecule has 1 fully saturated rings. The first-order valence-corrected chi connectivity index (χ1v) is 8.58. The van der Waals surface area contributed by atoms with Gasteiger partial charge in [-0.2, -0.15) is 0 Å². The van der Waals surface area contributed by atoms with E-state index in [1.54, 1.807) is 12.3 Å². The molecule has 24 heavy (non-hydrogen) atoms. The maximum absolute atomic E-state index is 9.53. The number of ether oxygens (including phenoxy) is 1. The lowest BCUT2D eigenvalue weighted by molar-refractivity contribution is 0.224. The van der Waals surface area contributed by atoms with Crippen LogP contribution in [0.2, 0.25) is 5.02 Å². The van der Waals surface area contributed by atoms with Crippen LogP contribution < -0.4 is 9.64 Å². The van der Waals surface area contributed by atoms with Gasteiger partial charge >= 0.3 is 0 Å². The smallest absolute Gasteiger partial charge is 0.135 e. The van der Waals surface area contributed by atoms with Crippen LogP contribution in [0.25, 0.3) is 0 Å². The molecule has 0 aliphatic carbocycles. The van der Waals surface area contributed by atoms with Gasteiger partial charge in [0.05, 0.1) is 24.7 Å². The van der Waals surface area contributed by atoms with E-state index in [-0.39, 0.29) is 5.75 Å². The van der Waals surface area contributed by atoms with Crippen molar-refractivity contribution in [3.63, 3.8) is 0 Å². The second-order valence-corrected chi connectivity index (χ2v) is 6.32. The zero-order valence-corrected chi connectivity index (χ0v) is 14.3. The lowest BCUT2D eigenvalue weighted by Gasteiger charge is -2.35. The first-order chi connectivity index (χ1) is 11.7. The van der Waals surface area contributed by atoms with Crippen LogP contribution in [0, 0.1) is 0 Å². The number of piperazine rings is 1. The molecule has 0 amide bonds. The Balaban J connectivity index is 1.36. The summed E-state index contributed by atoms with van der Waals surface area (Å²) in [4.78, 5) is 8.74. The number of anilines is 1. The number of hydrogen-bond acceptors (Lipinski definition) is 5. The van der Waals surface area contributed by atoms with Gasteiger partial charge in [0.25, 0.3) is 0 Å². The zero-order valence-electron chi connectivity index (χ0n) is 13.6. The summed E-state index contributed by atoms with van der Waals surface area (Å²) in [6.07, 6.45) is 4.26. The van der Waals surface area contributed by atoms with E-state index in [4.69, 9.17) is 16.3 Å². The molecule has 0 unspecified atom stereocenters. The molecule has 1 saturated heterocycles. The summed E-state index contributed by atoms with van der Waals surface area (Å²) in [6.45, 7) is 5.65. The van der Waals surface area contributed by atoms with Crippen LogP contribution in [0.3, 0.4) is 0 Å². The summed E-state index contributed by atoms with van der Waals surface area (Å²) in [5.74, 6) is 1.08. The summed E-state index contributed by atoms with van der Waals surface area (Å²) in [5.41, 5.74) is 0.987. The molecule has 1 aromatic heterocycles. The van der Waals surface area contributed by atoms with E-state index in [0.29, 0.717) is 6.61 Å². The molecule has 1 aromatic carbocycles. The summed E-state index contributed by atoms with van der Waals surface area (Å²) in [5, 5.41) is 10.3. The number of halogens is 1. The number of aromatic hydroxyl groups is 1.